The summed E-state index contributed by atoms with van der Waals surface area (Å²) in [6.45, 7) is 3.31. The first-order chi connectivity index (χ1) is 13.8. The smallest absolute Gasteiger partial charge is 0.324 e. The molecule has 0 aromatic heterocycles. The van der Waals surface area contributed by atoms with Crippen molar-refractivity contribution in [1.82, 2.24) is 0 Å². The topological polar surface area (TPSA) is 143 Å². The van der Waals surface area contributed by atoms with Crippen molar-refractivity contribution < 1.29 is 24.0 Å². The van der Waals surface area contributed by atoms with E-state index in [0.717, 1.165) is 0 Å². The van der Waals surface area contributed by atoms with E-state index in [0.29, 0.717) is 5.56 Å². The highest BCUT2D eigenvalue weighted by Gasteiger charge is 2.91. The lowest BCUT2D eigenvalue weighted by Gasteiger charge is -2.50. The first kappa shape index (κ1) is 20.3. The summed E-state index contributed by atoms with van der Waals surface area (Å²) in [5.41, 5.74) is -4.07. The van der Waals surface area contributed by atoms with Crippen LogP contribution in [0.5, 0.6) is 0 Å². The Bertz CT molecular complexity index is 926. The van der Waals surface area contributed by atoms with Crippen LogP contribution in [0.2, 0.25) is 0 Å². The third kappa shape index (κ3) is 2.44. The van der Waals surface area contributed by atoms with Gasteiger partial charge in [-0.15, -0.1) is 0 Å². The minimum atomic E-state index is -1.68. The van der Waals surface area contributed by atoms with E-state index in [4.69, 9.17) is 9.47 Å². The number of carbonyl (C=O) groups excluding carboxylic acids is 2. The molecular formula is C20H19N3O6. The molecule has 0 N–H and O–H groups in total. The van der Waals surface area contributed by atoms with Gasteiger partial charge in [0.25, 0.3) is 5.69 Å². The second-order valence-electron chi connectivity index (χ2n) is 7.24. The normalized spacial score (nSPS) is 25.0. The van der Waals surface area contributed by atoms with E-state index in [1.54, 1.807) is 13.8 Å². The molecule has 3 rings (SSSR count). The van der Waals surface area contributed by atoms with Gasteiger partial charge in [0.1, 0.15) is 0 Å². The number of hydrogen-bond donors (Lipinski definition) is 0. The van der Waals surface area contributed by atoms with Gasteiger partial charge in [-0.3, -0.25) is 19.7 Å². The van der Waals surface area contributed by atoms with Crippen molar-refractivity contribution in [3.63, 3.8) is 0 Å². The SMILES string of the molecule is CCOC(=O)C1(C(=O)OCC)C[C@@]12C[C@@H](c1ccc([N+](=O)[O-])cc1)C2(C#N)C#N. The van der Waals surface area contributed by atoms with Crippen LogP contribution in [0, 0.1) is 49.0 Å². The average Bonchev–Trinajstić information content (AvgIpc) is 3.42. The Morgan fingerprint density at radius 3 is 2.07 bits per heavy atom. The molecule has 0 saturated heterocycles. The fourth-order valence-electron chi connectivity index (χ4n) is 4.71. The molecule has 0 heterocycles. The van der Waals surface area contributed by atoms with Crippen molar-refractivity contribution in [3.05, 3.63) is 39.9 Å². The molecule has 0 amide bonds. The Kier molecular flexibility index (Phi) is 4.79. The summed E-state index contributed by atoms with van der Waals surface area (Å²) in [5.74, 6) is -2.16. The molecule has 1 aromatic rings. The summed E-state index contributed by atoms with van der Waals surface area (Å²) in [4.78, 5) is 35.8. The van der Waals surface area contributed by atoms with Gasteiger partial charge in [0.15, 0.2) is 10.8 Å². The quantitative estimate of drug-likeness (QED) is 0.308. The zero-order valence-electron chi connectivity index (χ0n) is 16.0. The molecule has 9 heteroatoms. The number of nitro benzene ring substituents is 1. The molecule has 29 heavy (non-hydrogen) atoms. The fourth-order valence-corrected chi connectivity index (χ4v) is 4.71. The maximum Gasteiger partial charge on any atom is 0.324 e. The second-order valence-corrected chi connectivity index (χ2v) is 7.24. The molecule has 0 bridgehead atoms. The molecule has 0 aliphatic heterocycles. The number of nitriles is 2. The lowest BCUT2D eigenvalue weighted by Crippen LogP contribution is -2.54. The van der Waals surface area contributed by atoms with Gasteiger partial charge in [-0.05, 0) is 32.3 Å². The second kappa shape index (κ2) is 6.85. The monoisotopic (exact) mass is 397 g/mol. The summed E-state index contributed by atoms with van der Waals surface area (Å²) < 4.78 is 10.2. The van der Waals surface area contributed by atoms with Gasteiger partial charge in [-0.2, -0.15) is 10.5 Å². The highest BCUT2D eigenvalue weighted by Crippen LogP contribution is 2.85. The minimum Gasteiger partial charge on any atom is -0.465 e. The van der Waals surface area contributed by atoms with E-state index in [1.807, 2.05) is 12.1 Å². The number of nitrogens with zero attached hydrogens (tertiary/aromatic N) is 3. The van der Waals surface area contributed by atoms with Crippen LogP contribution in [0.4, 0.5) is 5.69 Å². The van der Waals surface area contributed by atoms with E-state index < -0.39 is 39.0 Å². The van der Waals surface area contributed by atoms with Crippen molar-refractivity contribution >= 4 is 17.6 Å². The predicted molar refractivity (Wildman–Crippen MR) is 96.9 cm³/mol. The number of nitro groups is 1. The van der Waals surface area contributed by atoms with E-state index >= 15 is 0 Å². The first-order valence-electron chi connectivity index (χ1n) is 9.21. The highest BCUT2D eigenvalue weighted by atomic mass is 16.6. The van der Waals surface area contributed by atoms with Crippen LogP contribution in [0.3, 0.4) is 0 Å². The van der Waals surface area contributed by atoms with E-state index in [9.17, 15) is 30.2 Å². The molecular weight excluding hydrogens is 378 g/mol. The Morgan fingerprint density at radius 1 is 1.14 bits per heavy atom. The van der Waals surface area contributed by atoms with Crippen molar-refractivity contribution in [3.8, 4) is 12.1 Å². The first-order valence-corrected chi connectivity index (χ1v) is 9.21. The number of carbonyl (C=O) groups is 2. The molecule has 150 valence electrons. The molecule has 2 aliphatic carbocycles. The molecule has 2 fully saturated rings. The zero-order chi connectivity index (χ0) is 21.4. The van der Waals surface area contributed by atoms with E-state index in [-0.39, 0.29) is 31.7 Å². The Balaban J connectivity index is 2.02. The maximum absolute atomic E-state index is 12.7. The minimum absolute atomic E-state index is 0.00225. The Morgan fingerprint density at radius 2 is 1.66 bits per heavy atom. The molecule has 2 aliphatic rings. The fraction of sp³-hybridized carbons (Fsp3) is 0.500. The number of esters is 2. The number of hydrogen-bond acceptors (Lipinski definition) is 8. The van der Waals surface area contributed by atoms with Crippen LogP contribution in [0.1, 0.15) is 38.2 Å². The molecule has 0 unspecified atom stereocenters. The van der Waals surface area contributed by atoms with Crippen molar-refractivity contribution in [1.29, 1.82) is 10.5 Å². The largest absolute Gasteiger partial charge is 0.465 e. The van der Waals surface area contributed by atoms with Crippen LogP contribution in [0.15, 0.2) is 24.3 Å². The number of rotatable bonds is 6. The van der Waals surface area contributed by atoms with E-state index in [2.05, 4.69) is 0 Å². The van der Waals surface area contributed by atoms with Crippen LogP contribution in [0.25, 0.3) is 0 Å². The van der Waals surface area contributed by atoms with Gasteiger partial charge in [0, 0.05) is 23.5 Å². The number of ether oxygens (including phenoxy) is 2. The van der Waals surface area contributed by atoms with Crippen molar-refractivity contribution in [2.24, 2.45) is 16.2 Å². The van der Waals surface area contributed by atoms with Gasteiger partial charge in [0.2, 0.25) is 0 Å². The third-order valence-electron chi connectivity index (χ3n) is 6.20. The molecule has 2 saturated carbocycles. The Labute approximate surface area is 167 Å². The average molecular weight is 397 g/mol. The van der Waals surface area contributed by atoms with Crippen molar-refractivity contribution in [2.75, 3.05) is 13.2 Å². The number of benzene rings is 1. The summed E-state index contributed by atoms with van der Waals surface area (Å²) in [5, 5.41) is 30.8. The summed E-state index contributed by atoms with van der Waals surface area (Å²) in [6, 6.07) is 9.68. The van der Waals surface area contributed by atoms with Crippen LogP contribution in [-0.4, -0.2) is 30.1 Å². The van der Waals surface area contributed by atoms with Gasteiger partial charge < -0.3 is 9.47 Å². The Hall–Kier alpha value is -3.46. The molecule has 1 spiro atoms. The van der Waals surface area contributed by atoms with E-state index in [1.165, 1.54) is 24.3 Å². The standard InChI is InChI=1S/C20H19N3O6/c1-3-28-16(24)20(17(25)29-4-2)10-19(20)9-15(18(19,11-21)12-22)13-5-7-14(8-6-13)23(26)27/h5-8,15H,3-4,9-10H2,1-2H3/t15-,19+/m0/s1. The zero-order valence-corrected chi connectivity index (χ0v) is 16.0. The van der Waals surface area contributed by atoms with Gasteiger partial charge in [0.05, 0.1) is 30.3 Å². The van der Waals surface area contributed by atoms with Crippen LogP contribution >= 0.6 is 0 Å². The highest BCUT2D eigenvalue weighted by molar-refractivity contribution is 6.06. The number of non-ortho nitro benzene ring substituents is 1. The van der Waals surface area contributed by atoms with Gasteiger partial charge in [-0.25, -0.2) is 0 Å². The lowest BCUT2D eigenvalue weighted by atomic mass is 9.47. The summed E-state index contributed by atoms with van der Waals surface area (Å²) in [6.07, 6.45) is 0.228. The molecule has 9 nitrogen and oxygen atoms in total. The van der Waals surface area contributed by atoms with Crippen LogP contribution in [-0.2, 0) is 19.1 Å². The molecule has 1 aromatic carbocycles. The van der Waals surface area contributed by atoms with Gasteiger partial charge >= 0.3 is 11.9 Å². The maximum atomic E-state index is 12.7. The molecule has 2 atom stereocenters. The lowest BCUT2D eigenvalue weighted by molar-refractivity contribution is -0.384. The van der Waals surface area contributed by atoms with Gasteiger partial charge in [-0.1, -0.05) is 12.1 Å². The summed E-state index contributed by atoms with van der Waals surface area (Å²) in [7, 11) is 0. The summed E-state index contributed by atoms with van der Waals surface area (Å²) >= 11 is 0. The van der Waals surface area contributed by atoms with Crippen molar-refractivity contribution in [2.45, 2.75) is 32.6 Å². The predicted octanol–water partition coefficient (Wildman–Crippen LogP) is 2.62. The third-order valence-corrected chi connectivity index (χ3v) is 6.20. The van der Waals surface area contributed by atoms with Crippen LogP contribution < -0.4 is 0 Å². The molecule has 0 radical (unpaired) electrons.